The highest BCUT2D eigenvalue weighted by Crippen LogP contribution is 2.27. The minimum atomic E-state index is 0.435. The standard InChI is InChI=1S/C18H17Cl2NO2S/c19-15-4-1-13(2-5-15)12-23-17-6-3-14(11-16(17)20)18(24)21-7-9-22-10-8-21/h1-6,11H,7-10,12H2. The Morgan fingerprint density at radius 3 is 2.46 bits per heavy atom. The van der Waals surface area contributed by atoms with Crippen LogP contribution in [0.3, 0.4) is 0 Å². The first kappa shape index (κ1) is 17.5. The van der Waals surface area contributed by atoms with Crippen molar-refractivity contribution in [1.29, 1.82) is 0 Å². The number of ether oxygens (including phenoxy) is 2. The van der Waals surface area contributed by atoms with Gasteiger partial charge in [0.1, 0.15) is 17.3 Å². The van der Waals surface area contributed by atoms with Gasteiger partial charge in [0, 0.05) is 23.7 Å². The first-order valence-electron chi connectivity index (χ1n) is 7.67. The Morgan fingerprint density at radius 2 is 1.79 bits per heavy atom. The van der Waals surface area contributed by atoms with Crippen molar-refractivity contribution in [3.05, 3.63) is 63.6 Å². The van der Waals surface area contributed by atoms with Crippen LogP contribution in [-0.2, 0) is 11.3 Å². The van der Waals surface area contributed by atoms with E-state index >= 15 is 0 Å². The topological polar surface area (TPSA) is 21.7 Å². The molecule has 0 amide bonds. The van der Waals surface area contributed by atoms with Crippen molar-refractivity contribution in [3.8, 4) is 5.75 Å². The molecule has 0 atom stereocenters. The normalized spacial score (nSPS) is 14.5. The van der Waals surface area contributed by atoms with Gasteiger partial charge in [0.2, 0.25) is 0 Å². The third-order valence-electron chi connectivity index (χ3n) is 3.78. The molecule has 0 N–H and O–H groups in total. The molecule has 6 heteroatoms. The van der Waals surface area contributed by atoms with Crippen molar-refractivity contribution in [1.82, 2.24) is 4.90 Å². The minimum absolute atomic E-state index is 0.435. The average molecular weight is 382 g/mol. The Bertz CT molecular complexity index is 715. The maximum Gasteiger partial charge on any atom is 0.138 e. The lowest BCUT2D eigenvalue weighted by atomic mass is 10.2. The SMILES string of the molecule is S=C(c1ccc(OCc2ccc(Cl)cc2)c(Cl)c1)N1CCOCC1. The largest absolute Gasteiger partial charge is 0.487 e. The number of rotatable bonds is 4. The van der Waals surface area contributed by atoms with Crippen LogP contribution in [0.5, 0.6) is 5.75 Å². The Labute approximate surface area is 157 Å². The predicted octanol–water partition coefficient (Wildman–Crippen LogP) is 4.58. The van der Waals surface area contributed by atoms with Gasteiger partial charge in [-0.3, -0.25) is 0 Å². The molecule has 0 unspecified atom stereocenters. The fourth-order valence-corrected chi connectivity index (χ4v) is 3.11. The fraction of sp³-hybridized carbons (Fsp3) is 0.278. The van der Waals surface area contributed by atoms with Crippen LogP contribution >= 0.6 is 35.4 Å². The molecule has 1 saturated heterocycles. The van der Waals surface area contributed by atoms with E-state index in [2.05, 4.69) is 4.90 Å². The van der Waals surface area contributed by atoms with E-state index in [1.54, 1.807) is 0 Å². The summed E-state index contributed by atoms with van der Waals surface area (Å²) >= 11 is 17.8. The summed E-state index contributed by atoms with van der Waals surface area (Å²) in [7, 11) is 0. The smallest absolute Gasteiger partial charge is 0.138 e. The first-order chi connectivity index (χ1) is 11.6. The summed E-state index contributed by atoms with van der Waals surface area (Å²) in [6.07, 6.45) is 0. The van der Waals surface area contributed by atoms with Gasteiger partial charge in [-0.25, -0.2) is 0 Å². The molecule has 24 heavy (non-hydrogen) atoms. The van der Waals surface area contributed by atoms with E-state index in [1.165, 1.54) is 0 Å². The average Bonchev–Trinajstić information content (AvgIpc) is 2.62. The molecule has 2 aromatic carbocycles. The molecule has 0 saturated carbocycles. The van der Waals surface area contributed by atoms with Gasteiger partial charge >= 0.3 is 0 Å². The highest BCUT2D eigenvalue weighted by atomic mass is 35.5. The Morgan fingerprint density at radius 1 is 1.08 bits per heavy atom. The summed E-state index contributed by atoms with van der Waals surface area (Å²) < 4.78 is 11.1. The second-order valence-electron chi connectivity index (χ2n) is 5.46. The zero-order valence-electron chi connectivity index (χ0n) is 13.0. The van der Waals surface area contributed by atoms with Crippen LogP contribution in [0.2, 0.25) is 10.0 Å². The predicted molar refractivity (Wildman–Crippen MR) is 101 cm³/mol. The summed E-state index contributed by atoms with van der Waals surface area (Å²) in [6, 6.07) is 13.2. The molecule has 3 rings (SSSR count). The lowest BCUT2D eigenvalue weighted by Gasteiger charge is -2.29. The van der Waals surface area contributed by atoms with Gasteiger partial charge in [0.05, 0.1) is 18.2 Å². The van der Waals surface area contributed by atoms with Crippen molar-refractivity contribution >= 4 is 40.4 Å². The zero-order valence-corrected chi connectivity index (χ0v) is 15.3. The molecule has 0 spiro atoms. The molecular weight excluding hydrogens is 365 g/mol. The van der Waals surface area contributed by atoms with Crippen LogP contribution in [0.15, 0.2) is 42.5 Å². The second kappa shape index (κ2) is 8.17. The van der Waals surface area contributed by atoms with Crippen LogP contribution in [0, 0.1) is 0 Å². The van der Waals surface area contributed by atoms with Crippen LogP contribution in [0.25, 0.3) is 0 Å². The van der Waals surface area contributed by atoms with Gasteiger partial charge in [0.25, 0.3) is 0 Å². The van der Waals surface area contributed by atoms with Crippen molar-refractivity contribution in [3.63, 3.8) is 0 Å². The minimum Gasteiger partial charge on any atom is -0.487 e. The third-order valence-corrected chi connectivity index (χ3v) is 4.83. The number of halogens is 2. The number of hydrogen-bond donors (Lipinski definition) is 0. The van der Waals surface area contributed by atoms with Crippen LogP contribution in [0.1, 0.15) is 11.1 Å². The summed E-state index contributed by atoms with van der Waals surface area (Å²) in [6.45, 7) is 3.47. The van der Waals surface area contributed by atoms with E-state index in [1.807, 2.05) is 42.5 Å². The van der Waals surface area contributed by atoms with Gasteiger partial charge < -0.3 is 14.4 Å². The number of nitrogens with zero attached hydrogens (tertiary/aromatic N) is 1. The number of benzene rings is 2. The maximum atomic E-state index is 6.35. The first-order valence-corrected chi connectivity index (χ1v) is 8.84. The Hall–Kier alpha value is -1.33. The van der Waals surface area contributed by atoms with Crippen LogP contribution in [-0.4, -0.2) is 36.2 Å². The summed E-state index contributed by atoms with van der Waals surface area (Å²) in [5.74, 6) is 0.639. The molecule has 126 valence electrons. The molecule has 1 heterocycles. The van der Waals surface area contributed by atoms with E-state index in [9.17, 15) is 0 Å². The zero-order chi connectivity index (χ0) is 16.9. The fourth-order valence-electron chi connectivity index (χ4n) is 2.44. The molecule has 3 nitrogen and oxygen atoms in total. The van der Waals surface area contributed by atoms with Crippen molar-refractivity contribution in [2.45, 2.75) is 6.61 Å². The quantitative estimate of drug-likeness (QED) is 0.722. The van der Waals surface area contributed by atoms with E-state index in [0.29, 0.717) is 35.6 Å². The van der Waals surface area contributed by atoms with Gasteiger partial charge in [-0.1, -0.05) is 47.6 Å². The van der Waals surface area contributed by atoms with E-state index in [4.69, 9.17) is 44.9 Å². The number of thiocarbonyl (C=S) groups is 1. The molecular formula is C18H17Cl2NO2S. The van der Waals surface area contributed by atoms with Crippen LogP contribution in [0.4, 0.5) is 0 Å². The Kier molecular flexibility index (Phi) is 5.95. The number of hydrogen-bond acceptors (Lipinski definition) is 3. The molecule has 1 aliphatic heterocycles. The molecule has 2 aromatic rings. The van der Waals surface area contributed by atoms with Gasteiger partial charge in [0.15, 0.2) is 0 Å². The third kappa shape index (κ3) is 4.39. The molecule has 0 aromatic heterocycles. The second-order valence-corrected chi connectivity index (χ2v) is 6.70. The summed E-state index contributed by atoms with van der Waals surface area (Å²) in [4.78, 5) is 2.93. The van der Waals surface area contributed by atoms with Crippen molar-refractivity contribution in [2.75, 3.05) is 26.3 Å². The lowest BCUT2D eigenvalue weighted by Crippen LogP contribution is -2.40. The maximum absolute atomic E-state index is 6.35. The number of morpholine rings is 1. The van der Waals surface area contributed by atoms with Gasteiger partial charge in [-0.05, 0) is 35.9 Å². The molecule has 1 fully saturated rings. The van der Waals surface area contributed by atoms with Crippen molar-refractivity contribution in [2.24, 2.45) is 0 Å². The molecule has 1 aliphatic rings. The van der Waals surface area contributed by atoms with Gasteiger partial charge in [-0.2, -0.15) is 0 Å². The van der Waals surface area contributed by atoms with Crippen LogP contribution < -0.4 is 4.74 Å². The van der Waals surface area contributed by atoms with Gasteiger partial charge in [-0.15, -0.1) is 0 Å². The van der Waals surface area contributed by atoms with E-state index in [0.717, 1.165) is 29.2 Å². The lowest BCUT2D eigenvalue weighted by molar-refractivity contribution is 0.0693. The van der Waals surface area contributed by atoms with E-state index in [-0.39, 0.29) is 0 Å². The Balaban J connectivity index is 1.65. The highest BCUT2D eigenvalue weighted by molar-refractivity contribution is 7.80. The molecule has 0 bridgehead atoms. The monoisotopic (exact) mass is 381 g/mol. The van der Waals surface area contributed by atoms with E-state index < -0.39 is 0 Å². The highest BCUT2D eigenvalue weighted by Gasteiger charge is 2.16. The van der Waals surface area contributed by atoms with Crippen molar-refractivity contribution < 1.29 is 9.47 Å². The summed E-state index contributed by atoms with van der Waals surface area (Å²) in [5.41, 5.74) is 1.96. The summed E-state index contributed by atoms with van der Waals surface area (Å²) in [5, 5.41) is 1.26. The molecule has 0 radical (unpaired) electrons. The molecule has 0 aliphatic carbocycles.